The molecule has 1 atom stereocenters. The highest BCUT2D eigenvalue weighted by Crippen LogP contribution is 2.27. The Hall–Kier alpha value is -2.35. The van der Waals surface area contributed by atoms with Gasteiger partial charge in [-0.05, 0) is 43.9 Å². The lowest BCUT2D eigenvalue weighted by Gasteiger charge is -2.25. The smallest absolute Gasteiger partial charge is 0.255 e. The summed E-state index contributed by atoms with van der Waals surface area (Å²) in [4.78, 5) is 17.5. The van der Waals surface area contributed by atoms with E-state index < -0.39 is 0 Å². The number of benzene rings is 1. The molecule has 2 aromatic heterocycles. The van der Waals surface area contributed by atoms with Crippen LogP contribution in [-0.4, -0.2) is 46.4 Å². The summed E-state index contributed by atoms with van der Waals surface area (Å²) in [6.45, 7) is 3.37. The van der Waals surface area contributed by atoms with Gasteiger partial charge < -0.3 is 15.4 Å². The van der Waals surface area contributed by atoms with E-state index in [0.29, 0.717) is 40.9 Å². The number of hydrogen-bond donors (Lipinski definition) is 3. The quantitative estimate of drug-likeness (QED) is 0.525. The van der Waals surface area contributed by atoms with Gasteiger partial charge in [-0.1, -0.05) is 29.3 Å². The summed E-state index contributed by atoms with van der Waals surface area (Å²) < 4.78 is 5.44. The van der Waals surface area contributed by atoms with E-state index >= 15 is 0 Å². The number of halogens is 2. The van der Waals surface area contributed by atoms with E-state index in [0.717, 1.165) is 29.5 Å². The predicted octanol–water partition coefficient (Wildman–Crippen LogP) is 4.22. The summed E-state index contributed by atoms with van der Waals surface area (Å²) in [5, 5.41) is 15.3. The molecule has 1 unspecified atom stereocenters. The van der Waals surface area contributed by atoms with Crippen LogP contribution in [0, 0.1) is 0 Å². The largest absolute Gasteiger partial charge is 0.381 e. The Morgan fingerprint density at radius 1 is 1.27 bits per heavy atom. The zero-order valence-corrected chi connectivity index (χ0v) is 18.1. The molecule has 3 N–H and O–H groups in total. The molecule has 158 valence electrons. The maximum absolute atomic E-state index is 13.1. The van der Waals surface area contributed by atoms with Crippen LogP contribution in [-0.2, 0) is 11.2 Å². The number of carbonyl (C=O) groups is 1. The molecule has 0 radical (unpaired) electrons. The van der Waals surface area contributed by atoms with Crippen molar-refractivity contribution < 1.29 is 9.53 Å². The highest BCUT2D eigenvalue weighted by atomic mass is 35.5. The molecule has 1 aromatic carbocycles. The van der Waals surface area contributed by atoms with Crippen LogP contribution in [0.2, 0.25) is 10.0 Å². The maximum atomic E-state index is 13.1. The summed E-state index contributed by atoms with van der Waals surface area (Å²) >= 11 is 12.1. The molecule has 30 heavy (non-hydrogen) atoms. The zero-order chi connectivity index (χ0) is 21.1. The Kier molecular flexibility index (Phi) is 6.41. The van der Waals surface area contributed by atoms with Gasteiger partial charge in [0.15, 0.2) is 5.65 Å². The molecule has 0 bridgehead atoms. The van der Waals surface area contributed by atoms with Gasteiger partial charge in [-0.3, -0.25) is 9.89 Å². The minimum absolute atomic E-state index is 0.106. The molecular weight excluding hydrogens is 425 g/mol. The number of ether oxygens (including phenoxy) is 1. The maximum Gasteiger partial charge on any atom is 0.255 e. The second-order valence-corrected chi connectivity index (χ2v) is 8.35. The second kappa shape index (κ2) is 9.20. The molecule has 1 fully saturated rings. The lowest BCUT2D eigenvalue weighted by Crippen LogP contribution is -2.35. The number of anilines is 1. The number of hydrogen-bond acceptors (Lipinski definition) is 5. The lowest BCUT2D eigenvalue weighted by molar-refractivity contribution is 0.0903. The van der Waals surface area contributed by atoms with E-state index in [-0.39, 0.29) is 18.0 Å². The molecule has 3 aromatic rings. The first-order valence-electron chi connectivity index (χ1n) is 9.92. The zero-order valence-electron chi connectivity index (χ0n) is 16.5. The minimum Gasteiger partial charge on any atom is -0.381 e. The third-order valence-electron chi connectivity index (χ3n) is 5.20. The van der Waals surface area contributed by atoms with Crippen molar-refractivity contribution in [3.63, 3.8) is 0 Å². The van der Waals surface area contributed by atoms with Crippen LogP contribution in [0.1, 0.15) is 35.7 Å². The number of carbonyl (C=O) groups excluding carboxylic acids is 1. The number of rotatable bonds is 6. The van der Waals surface area contributed by atoms with Crippen LogP contribution in [0.4, 0.5) is 5.69 Å². The summed E-state index contributed by atoms with van der Waals surface area (Å²) in [5.74, 6) is -0.187. The molecular formula is C21H23Cl2N5O2. The van der Waals surface area contributed by atoms with Crippen LogP contribution in [0.15, 0.2) is 30.6 Å². The molecule has 1 saturated heterocycles. The number of nitrogens with one attached hydrogen (secondary N) is 3. The molecule has 1 amide bonds. The molecule has 4 rings (SSSR count). The molecule has 3 heterocycles. The minimum atomic E-state index is -0.187. The van der Waals surface area contributed by atoms with E-state index in [1.165, 1.54) is 0 Å². The third kappa shape index (κ3) is 4.69. The molecule has 1 aliphatic rings. The Morgan fingerprint density at radius 2 is 2.07 bits per heavy atom. The van der Waals surface area contributed by atoms with Crippen molar-refractivity contribution in [1.29, 1.82) is 0 Å². The molecule has 9 heteroatoms. The fourth-order valence-corrected chi connectivity index (χ4v) is 3.97. The summed E-state index contributed by atoms with van der Waals surface area (Å²) in [6.07, 6.45) is 5.68. The van der Waals surface area contributed by atoms with Gasteiger partial charge in [-0.25, -0.2) is 4.98 Å². The van der Waals surface area contributed by atoms with Crippen molar-refractivity contribution in [2.45, 2.75) is 38.3 Å². The first-order valence-corrected chi connectivity index (χ1v) is 10.7. The van der Waals surface area contributed by atoms with Gasteiger partial charge in [0, 0.05) is 31.5 Å². The number of pyridine rings is 1. The third-order valence-corrected chi connectivity index (χ3v) is 5.94. The Morgan fingerprint density at radius 3 is 2.83 bits per heavy atom. The average Bonchev–Trinajstić information content (AvgIpc) is 3.21. The van der Waals surface area contributed by atoms with Crippen LogP contribution >= 0.6 is 23.2 Å². The first kappa shape index (κ1) is 20.9. The second-order valence-electron chi connectivity index (χ2n) is 7.54. The van der Waals surface area contributed by atoms with Crippen molar-refractivity contribution in [1.82, 2.24) is 20.5 Å². The standard InChI is InChI=1S/C21H23Cl2N5O2/c1-12(8-13-2-3-17(22)18(23)9-13)26-21(29)16-10-24-20-15(11-25-28-20)19(16)27-14-4-6-30-7-5-14/h2-3,9-12,14H,4-8H2,1H3,(H,26,29)(H2,24,25,27,28). The number of aromatic nitrogens is 3. The normalized spacial score (nSPS) is 15.8. The molecule has 0 saturated carbocycles. The summed E-state index contributed by atoms with van der Waals surface area (Å²) in [5.41, 5.74) is 2.89. The fraction of sp³-hybridized carbons (Fsp3) is 0.381. The predicted molar refractivity (Wildman–Crippen MR) is 118 cm³/mol. The van der Waals surface area contributed by atoms with E-state index in [1.54, 1.807) is 18.5 Å². The highest BCUT2D eigenvalue weighted by Gasteiger charge is 2.22. The number of nitrogens with zero attached hydrogens (tertiary/aromatic N) is 2. The van der Waals surface area contributed by atoms with Gasteiger partial charge in [0.25, 0.3) is 5.91 Å². The van der Waals surface area contributed by atoms with Crippen molar-refractivity contribution >= 4 is 45.8 Å². The van der Waals surface area contributed by atoms with Crippen LogP contribution < -0.4 is 10.6 Å². The number of aromatic amines is 1. The highest BCUT2D eigenvalue weighted by molar-refractivity contribution is 6.42. The van der Waals surface area contributed by atoms with E-state index in [9.17, 15) is 4.79 Å². The van der Waals surface area contributed by atoms with Crippen LogP contribution in [0.3, 0.4) is 0 Å². The molecule has 7 nitrogen and oxygen atoms in total. The van der Waals surface area contributed by atoms with Gasteiger partial charge in [-0.2, -0.15) is 5.10 Å². The first-order chi connectivity index (χ1) is 14.5. The van der Waals surface area contributed by atoms with E-state index in [4.69, 9.17) is 27.9 Å². The van der Waals surface area contributed by atoms with Gasteiger partial charge in [0.2, 0.25) is 0 Å². The van der Waals surface area contributed by atoms with E-state index in [1.807, 2.05) is 19.1 Å². The Labute approximate surface area is 184 Å². The van der Waals surface area contributed by atoms with Crippen LogP contribution in [0.25, 0.3) is 11.0 Å². The summed E-state index contributed by atoms with van der Waals surface area (Å²) in [6, 6.07) is 5.63. The Bertz CT molecular complexity index is 1050. The fourth-order valence-electron chi connectivity index (χ4n) is 3.65. The monoisotopic (exact) mass is 447 g/mol. The topological polar surface area (TPSA) is 91.9 Å². The number of fused-ring (bicyclic) bond motifs is 1. The number of amides is 1. The lowest BCUT2D eigenvalue weighted by atomic mass is 10.0. The van der Waals surface area contributed by atoms with Crippen molar-refractivity contribution in [2.75, 3.05) is 18.5 Å². The van der Waals surface area contributed by atoms with Gasteiger partial charge in [-0.15, -0.1) is 0 Å². The van der Waals surface area contributed by atoms with Gasteiger partial charge >= 0.3 is 0 Å². The van der Waals surface area contributed by atoms with Crippen LogP contribution in [0.5, 0.6) is 0 Å². The Balaban J connectivity index is 1.53. The van der Waals surface area contributed by atoms with Crippen molar-refractivity contribution in [3.8, 4) is 0 Å². The SMILES string of the molecule is CC(Cc1ccc(Cl)c(Cl)c1)NC(=O)c1cnc2[nH]ncc2c1NC1CCOCC1. The molecule has 0 aliphatic carbocycles. The van der Waals surface area contributed by atoms with Crippen molar-refractivity contribution in [2.24, 2.45) is 0 Å². The van der Waals surface area contributed by atoms with Gasteiger partial charge in [0.05, 0.1) is 32.9 Å². The average molecular weight is 448 g/mol. The summed E-state index contributed by atoms with van der Waals surface area (Å²) in [7, 11) is 0. The molecule has 0 spiro atoms. The van der Waals surface area contributed by atoms with Crippen molar-refractivity contribution in [3.05, 3.63) is 51.8 Å². The molecule has 1 aliphatic heterocycles. The number of H-pyrrole nitrogens is 1. The van der Waals surface area contributed by atoms with E-state index in [2.05, 4.69) is 25.8 Å². The van der Waals surface area contributed by atoms with Gasteiger partial charge in [0.1, 0.15) is 0 Å².